The maximum absolute atomic E-state index is 12.3. The SMILES string of the molecule is COc1ccc2c3c(CCN(C)C)c(-c4ccccc4)n2OC(=O)C(=O)Oc13. The first-order valence-electron chi connectivity index (χ1n) is 8.90. The van der Waals surface area contributed by atoms with E-state index in [4.69, 9.17) is 14.3 Å². The first-order valence-corrected chi connectivity index (χ1v) is 8.90. The Bertz CT molecular complexity index is 1070. The Kier molecular flexibility index (Phi) is 4.52. The van der Waals surface area contributed by atoms with Gasteiger partial charge in [-0.05, 0) is 38.2 Å². The van der Waals surface area contributed by atoms with Gasteiger partial charge in [-0.2, -0.15) is 4.73 Å². The summed E-state index contributed by atoms with van der Waals surface area (Å²) in [4.78, 5) is 31.9. The van der Waals surface area contributed by atoms with Gasteiger partial charge in [0.15, 0.2) is 11.5 Å². The van der Waals surface area contributed by atoms with Crippen LogP contribution in [-0.4, -0.2) is 49.3 Å². The largest absolute Gasteiger partial charge is 0.493 e. The normalized spacial score (nSPS) is 13.4. The maximum atomic E-state index is 12.3. The summed E-state index contributed by atoms with van der Waals surface area (Å²) in [5.74, 6) is -1.53. The molecule has 0 aliphatic carbocycles. The van der Waals surface area contributed by atoms with Gasteiger partial charge in [0.05, 0.1) is 23.7 Å². The number of methoxy groups -OCH3 is 1. The van der Waals surface area contributed by atoms with Crippen molar-refractivity contribution in [3.05, 3.63) is 48.0 Å². The lowest BCUT2D eigenvalue weighted by Gasteiger charge is -2.15. The summed E-state index contributed by atoms with van der Waals surface area (Å²) in [5, 5.41) is 0.709. The number of carbonyl (C=O) groups is 2. The quantitative estimate of drug-likeness (QED) is 0.384. The van der Waals surface area contributed by atoms with E-state index >= 15 is 0 Å². The van der Waals surface area contributed by atoms with Crippen LogP contribution in [0, 0.1) is 0 Å². The first-order chi connectivity index (χ1) is 13.5. The molecule has 0 radical (unpaired) electrons. The Balaban J connectivity index is 2.10. The third kappa shape index (κ3) is 2.90. The topological polar surface area (TPSA) is 70.0 Å². The molecule has 0 saturated carbocycles. The lowest BCUT2D eigenvalue weighted by molar-refractivity contribution is -0.162. The van der Waals surface area contributed by atoms with E-state index in [-0.39, 0.29) is 5.75 Å². The number of esters is 1. The van der Waals surface area contributed by atoms with Crippen LogP contribution in [0.25, 0.3) is 22.2 Å². The van der Waals surface area contributed by atoms with Crippen molar-refractivity contribution in [1.82, 2.24) is 9.63 Å². The molecule has 4 bridgehead atoms. The van der Waals surface area contributed by atoms with E-state index in [0.717, 1.165) is 23.4 Å². The number of hydrogen-bond donors (Lipinski definition) is 0. The van der Waals surface area contributed by atoms with E-state index in [1.54, 1.807) is 12.1 Å². The highest BCUT2D eigenvalue weighted by Gasteiger charge is 2.33. The second-order valence-corrected chi connectivity index (χ2v) is 6.80. The third-order valence-electron chi connectivity index (χ3n) is 4.72. The Morgan fingerprint density at radius 2 is 1.79 bits per heavy atom. The fourth-order valence-corrected chi connectivity index (χ4v) is 3.45. The zero-order valence-electron chi connectivity index (χ0n) is 15.9. The van der Waals surface area contributed by atoms with Crippen LogP contribution < -0.4 is 14.3 Å². The number of aromatic nitrogens is 1. The minimum atomic E-state index is -1.08. The molecule has 1 aliphatic heterocycles. The van der Waals surface area contributed by atoms with Crippen molar-refractivity contribution in [2.24, 2.45) is 0 Å². The summed E-state index contributed by atoms with van der Waals surface area (Å²) in [6.45, 7) is 0.761. The molecule has 4 rings (SSSR count). The number of ether oxygens (including phenoxy) is 2. The van der Waals surface area contributed by atoms with E-state index in [0.29, 0.717) is 23.1 Å². The minimum Gasteiger partial charge on any atom is -0.493 e. The fraction of sp³-hybridized carbons (Fsp3) is 0.238. The summed E-state index contributed by atoms with van der Waals surface area (Å²) < 4.78 is 12.2. The summed E-state index contributed by atoms with van der Waals surface area (Å²) >= 11 is 0. The number of benzene rings is 2. The molecule has 0 fully saturated rings. The van der Waals surface area contributed by atoms with Crippen molar-refractivity contribution >= 4 is 22.8 Å². The summed E-state index contributed by atoms with van der Waals surface area (Å²) in [5.41, 5.74) is 3.16. The van der Waals surface area contributed by atoms with Gasteiger partial charge in [-0.1, -0.05) is 30.3 Å². The summed E-state index contributed by atoms with van der Waals surface area (Å²) in [7, 11) is 5.47. The van der Waals surface area contributed by atoms with Crippen LogP contribution in [0.2, 0.25) is 0 Å². The second-order valence-electron chi connectivity index (χ2n) is 6.80. The zero-order valence-corrected chi connectivity index (χ0v) is 15.9. The molecule has 28 heavy (non-hydrogen) atoms. The van der Waals surface area contributed by atoms with Gasteiger partial charge in [0.1, 0.15) is 0 Å². The summed E-state index contributed by atoms with van der Waals surface area (Å²) in [6.07, 6.45) is 0.663. The van der Waals surface area contributed by atoms with Crippen molar-refractivity contribution in [2.75, 3.05) is 27.7 Å². The van der Waals surface area contributed by atoms with Crippen molar-refractivity contribution < 1.29 is 23.9 Å². The molecular formula is C21H20N2O5. The Morgan fingerprint density at radius 3 is 2.46 bits per heavy atom. The molecule has 0 N–H and O–H groups in total. The van der Waals surface area contributed by atoms with Crippen LogP contribution in [0.5, 0.6) is 11.5 Å². The highest BCUT2D eigenvalue weighted by atomic mass is 16.7. The second kappa shape index (κ2) is 7.01. The van der Waals surface area contributed by atoms with Crippen molar-refractivity contribution in [1.29, 1.82) is 0 Å². The van der Waals surface area contributed by atoms with E-state index < -0.39 is 11.9 Å². The molecule has 2 heterocycles. The van der Waals surface area contributed by atoms with Gasteiger partial charge in [0.2, 0.25) is 0 Å². The Morgan fingerprint density at radius 1 is 1.04 bits per heavy atom. The number of rotatable bonds is 5. The van der Waals surface area contributed by atoms with E-state index in [2.05, 4.69) is 4.90 Å². The highest BCUT2D eigenvalue weighted by molar-refractivity contribution is 6.31. The minimum absolute atomic E-state index is 0.242. The summed E-state index contributed by atoms with van der Waals surface area (Å²) in [6, 6.07) is 13.1. The molecule has 0 atom stereocenters. The molecular weight excluding hydrogens is 360 g/mol. The standard InChI is InChI=1S/C21H20N2O5/c1-22(2)12-11-14-17-15-9-10-16(26-3)19(17)27-20(24)21(25)28-23(15)18(14)13-7-5-4-6-8-13/h4-10H,11-12H2,1-3H3. The number of carbonyl (C=O) groups excluding carboxylic acids is 2. The molecule has 144 valence electrons. The molecule has 2 aromatic carbocycles. The molecule has 0 unspecified atom stereocenters. The smallest absolute Gasteiger partial charge is 0.442 e. The van der Waals surface area contributed by atoms with Gasteiger partial charge >= 0.3 is 11.9 Å². The zero-order chi connectivity index (χ0) is 19.8. The lowest BCUT2D eigenvalue weighted by Crippen LogP contribution is -2.32. The van der Waals surface area contributed by atoms with Gasteiger partial charge in [-0.25, -0.2) is 9.59 Å². The molecule has 0 amide bonds. The van der Waals surface area contributed by atoms with Crippen LogP contribution in [0.1, 0.15) is 5.56 Å². The molecule has 7 nitrogen and oxygen atoms in total. The lowest BCUT2D eigenvalue weighted by atomic mass is 10.0. The monoisotopic (exact) mass is 380 g/mol. The van der Waals surface area contributed by atoms with Gasteiger partial charge in [0.25, 0.3) is 0 Å². The molecule has 0 saturated heterocycles. The highest BCUT2D eigenvalue weighted by Crippen LogP contribution is 2.44. The molecule has 1 aliphatic rings. The van der Waals surface area contributed by atoms with Crippen LogP contribution in [-0.2, 0) is 16.0 Å². The maximum Gasteiger partial charge on any atom is 0.442 e. The first kappa shape index (κ1) is 18.1. The van der Waals surface area contributed by atoms with E-state index in [1.807, 2.05) is 44.4 Å². The van der Waals surface area contributed by atoms with Gasteiger partial charge < -0.3 is 19.2 Å². The van der Waals surface area contributed by atoms with Crippen molar-refractivity contribution in [3.8, 4) is 22.8 Å². The predicted octanol–water partition coefficient (Wildman–Crippen LogP) is 2.30. The molecule has 7 heteroatoms. The van der Waals surface area contributed by atoms with Crippen molar-refractivity contribution in [2.45, 2.75) is 6.42 Å². The van der Waals surface area contributed by atoms with Crippen LogP contribution >= 0.6 is 0 Å². The van der Waals surface area contributed by atoms with Gasteiger partial charge in [-0.15, -0.1) is 0 Å². The van der Waals surface area contributed by atoms with Crippen LogP contribution in [0.4, 0.5) is 0 Å². The number of nitrogens with zero attached hydrogens (tertiary/aromatic N) is 2. The van der Waals surface area contributed by atoms with Crippen LogP contribution in [0.15, 0.2) is 42.5 Å². The van der Waals surface area contributed by atoms with Gasteiger partial charge in [0, 0.05) is 12.1 Å². The molecule has 1 aromatic heterocycles. The van der Waals surface area contributed by atoms with Crippen LogP contribution in [0.3, 0.4) is 0 Å². The Hall–Kier alpha value is -3.32. The van der Waals surface area contributed by atoms with Gasteiger partial charge in [-0.3, -0.25) is 0 Å². The van der Waals surface area contributed by atoms with Crippen molar-refractivity contribution in [3.63, 3.8) is 0 Å². The predicted molar refractivity (Wildman–Crippen MR) is 103 cm³/mol. The fourth-order valence-electron chi connectivity index (χ4n) is 3.45. The van der Waals surface area contributed by atoms with E-state index in [9.17, 15) is 9.59 Å². The molecule has 3 aromatic rings. The average Bonchev–Trinajstić information content (AvgIpc) is 3.01. The number of hydrogen-bond acceptors (Lipinski definition) is 6. The molecule has 0 spiro atoms. The Labute approximate surface area is 162 Å². The average molecular weight is 380 g/mol. The van der Waals surface area contributed by atoms with E-state index in [1.165, 1.54) is 11.8 Å². The third-order valence-corrected chi connectivity index (χ3v) is 4.72. The number of likely N-dealkylation sites (N-methyl/N-ethyl adjacent to an activating group) is 1.